The summed E-state index contributed by atoms with van der Waals surface area (Å²) in [5, 5.41) is 3.01. The Kier molecular flexibility index (Phi) is 6.69. The van der Waals surface area contributed by atoms with E-state index in [2.05, 4.69) is 10.0 Å². The van der Waals surface area contributed by atoms with Gasteiger partial charge in [0.2, 0.25) is 10.0 Å². The highest BCUT2D eigenvalue weighted by molar-refractivity contribution is 7.89. The number of anilines is 1. The summed E-state index contributed by atoms with van der Waals surface area (Å²) in [5.74, 6) is 0.212. The first-order valence-electron chi connectivity index (χ1n) is 8.03. The molecule has 1 amide bonds. The van der Waals surface area contributed by atoms with E-state index in [0.29, 0.717) is 22.2 Å². The minimum Gasteiger partial charge on any atom is -0.495 e. The predicted molar refractivity (Wildman–Crippen MR) is 104 cm³/mol. The molecule has 0 aliphatic carbocycles. The lowest BCUT2D eigenvalue weighted by molar-refractivity contribution is 0.102. The zero-order valence-corrected chi connectivity index (χ0v) is 16.9. The number of nitrogens with one attached hydrogen (secondary N) is 2. The van der Waals surface area contributed by atoms with Crippen molar-refractivity contribution in [2.45, 2.75) is 24.8 Å². The van der Waals surface area contributed by atoms with Crippen molar-refractivity contribution >= 4 is 33.2 Å². The van der Waals surface area contributed by atoms with E-state index in [1.54, 1.807) is 13.8 Å². The molecule has 2 aromatic rings. The SMILES string of the molecule is COc1cc(NC(=O)c2cccc(S(=O)(=O)NC(C)C)c2)c(OC)cc1Cl. The standard InChI is InChI=1S/C18H21ClN2O5S/c1-11(2)21-27(23,24)13-7-5-6-12(8-13)18(22)20-15-10-16(25-3)14(19)9-17(15)26-4/h5-11,21H,1-4H3,(H,20,22). The number of rotatable bonds is 7. The highest BCUT2D eigenvalue weighted by Crippen LogP contribution is 2.36. The second-order valence-electron chi connectivity index (χ2n) is 5.94. The minimum atomic E-state index is -3.71. The second kappa shape index (κ2) is 8.60. The lowest BCUT2D eigenvalue weighted by Gasteiger charge is -2.14. The molecule has 0 saturated heterocycles. The summed E-state index contributed by atoms with van der Waals surface area (Å²) < 4.78 is 37.5. The molecule has 0 spiro atoms. The average molecular weight is 413 g/mol. The number of hydrogen-bond acceptors (Lipinski definition) is 5. The van der Waals surface area contributed by atoms with Crippen molar-refractivity contribution < 1.29 is 22.7 Å². The fourth-order valence-corrected chi connectivity index (χ4v) is 3.86. The van der Waals surface area contributed by atoms with Gasteiger partial charge in [0.05, 0.1) is 29.8 Å². The summed E-state index contributed by atoms with van der Waals surface area (Å²) in [6, 6.07) is 8.53. The molecule has 0 aliphatic heterocycles. The van der Waals surface area contributed by atoms with Gasteiger partial charge in [0.1, 0.15) is 11.5 Å². The number of sulfonamides is 1. The zero-order chi connectivity index (χ0) is 20.2. The van der Waals surface area contributed by atoms with Gasteiger partial charge < -0.3 is 14.8 Å². The van der Waals surface area contributed by atoms with Gasteiger partial charge in [-0.3, -0.25) is 4.79 Å². The maximum Gasteiger partial charge on any atom is 0.255 e. The van der Waals surface area contributed by atoms with Crippen LogP contribution in [0.3, 0.4) is 0 Å². The van der Waals surface area contributed by atoms with Crippen molar-refractivity contribution in [3.05, 3.63) is 47.0 Å². The molecule has 0 saturated carbocycles. The normalized spacial score (nSPS) is 11.3. The smallest absolute Gasteiger partial charge is 0.255 e. The first-order chi connectivity index (χ1) is 12.7. The van der Waals surface area contributed by atoms with E-state index in [-0.39, 0.29) is 16.5 Å². The van der Waals surface area contributed by atoms with E-state index in [9.17, 15) is 13.2 Å². The summed E-state index contributed by atoms with van der Waals surface area (Å²) in [4.78, 5) is 12.6. The van der Waals surface area contributed by atoms with Crippen molar-refractivity contribution in [1.82, 2.24) is 4.72 Å². The minimum absolute atomic E-state index is 0.00417. The highest BCUT2D eigenvalue weighted by atomic mass is 35.5. The zero-order valence-electron chi connectivity index (χ0n) is 15.4. The number of ether oxygens (including phenoxy) is 2. The Morgan fingerprint density at radius 3 is 2.33 bits per heavy atom. The number of methoxy groups -OCH3 is 2. The molecule has 0 aliphatic rings. The molecule has 0 atom stereocenters. The summed E-state index contributed by atoms with van der Waals surface area (Å²) in [6.45, 7) is 3.43. The summed E-state index contributed by atoms with van der Waals surface area (Å²) in [5.41, 5.74) is 0.523. The van der Waals surface area contributed by atoms with Crippen molar-refractivity contribution in [1.29, 1.82) is 0 Å². The molecule has 0 aromatic heterocycles. The van der Waals surface area contributed by atoms with Crippen molar-refractivity contribution in [2.24, 2.45) is 0 Å². The van der Waals surface area contributed by atoms with E-state index in [0.717, 1.165) is 0 Å². The Hall–Kier alpha value is -2.29. The van der Waals surface area contributed by atoms with Gasteiger partial charge in [-0.2, -0.15) is 0 Å². The maximum atomic E-state index is 12.6. The largest absolute Gasteiger partial charge is 0.495 e. The van der Waals surface area contributed by atoms with Crippen LogP contribution in [-0.4, -0.2) is 34.6 Å². The van der Waals surface area contributed by atoms with Crippen LogP contribution in [0.2, 0.25) is 5.02 Å². The van der Waals surface area contributed by atoms with Gasteiger partial charge in [-0.05, 0) is 32.0 Å². The molecule has 0 radical (unpaired) electrons. The van der Waals surface area contributed by atoms with Crippen molar-refractivity contribution in [3.63, 3.8) is 0 Å². The topological polar surface area (TPSA) is 93.7 Å². The van der Waals surface area contributed by atoms with E-state index in [1.807, 2.05) is 0 Å². The molecule has 9 heteroatoms. The highest BCUT2D eigenvalue weighted by Gasteiger charge is 2.18. The van der Waals surface area contributed by atoms with E-state index in [1.165, 1.54) is 50.6 Å². The Balaban J connectivity index is 2.33. The Bertz CT molecular complexity index is 945. The molecule has 146 valence electrons. The molecule has 27 heavy (non-hydrogen) atoms. The third-order valence-corrected chi connectivity index (χ3v) is 5.47. The number of amides is 1. The molecule has 0 fully saturated rings. The van der Waals surface area contributed by atoms with Crippen molar-refractivity contribution in [3.8, 4) is 11.5 Å². The molecular formula is C18H21ClN2O5S. The van der Waals surface area contributed by atoms with Crippen LogP contribution in [0.25, 0.3) is 0 Å². The van der Waals surface area contributed by atoms with E-state index < -0.39 is 15.9 Å². The second-order valence-corrected chi connectivity index (χ2v) is 8.07. The number of benzene rings is 2. The maximum absolute atomic E-state index is 12.6. The van der Waals surface area contributed by atoms with Crippen molar-refractivity contribution in [2.75, 3.05) is 19.5 Å². The summed E-state index contributed by atoms with van der Waals surface area (Å²) >= 11 is 6.05. The lowest BCUT2D eigenvalue weighted by Crippen LogP contribution is -2.30. The number of carbonyl (C=O) groups excluding carboxylic acids is 1. The number of hydrogen-bond donors (Lipinski definition) is 2. The van der Waals surface area contributed by atoms with Crippen LogP contribution in [0.4, 0.5) is 5.69 Å². The summed E-state index contributed by atoms with van der Waals surface area (Å²) in [6.07, 6.45) is 0. The quantitative estimate of drug-likeness (QED) is 0.727. The Labute approximate surface area is 163 Å². The van der Waals surface area contributed by atoms with Gasteiger partial charge >= 0.3 is 0 Å². The molecule has 0 heterocycles. The molecule has 0 unspecified atom stereocenters. The van der Waals surface area contributed by atoms with Crippen LogP contribution in [0.15, 0.2) is 41.3 Å². The van der Waals surface area contributed by atoms with Gasteiger partial charge in [-0.1, -0.05) is 17.7 Å². The fourth-order valence-electron chi connectivity index (χ4n) is 2.34. The van der Waals surface area contributed by atoms with Crippen LogP contribution in [0, 0.1) is 0 Å². The van der Waals surface area contributed by atoms with E-state index in [4.69, 9.17) is 21.1 Å². The fraction of sp³-hybridized carbons (Fsp3) is 0.278. The van der Waals surface area contributed by atoms with Crippen LogP contribution in [0.5, 0.6) is 11.5 Å². The van der Waals surface area contributed by atoms with Crippen LogP contribution < -0.4 is 19.5 Å². The first-order valence-corrected chi connectivity index (χ1v) is 9.89. The Morgan fingerprint density at radius 2 is 1.74 bits per heavy atom. The molecule has 2 aromatic carbocycles. The Morgan fingerprint density at radius 1 is 1.07 bits per heavy atom. The molecule has 0 bridgehead atoms. The molecule has 7 nitrogen and oxygen atoms in total. The van der Waals surface area contributed by atoms with Gasteiger partial charge in [-0.15, -0.1) is 0 Å². The van der Waals surface area contributed by atoms with Crippen LogP contribution >= 0.6 is 11.6 Å². The monoisotopic (exact) mass is 412 g/mol. The van der Waals surface area contributed by atoms with Gasteiger partial charge in [0.25, 0.3) is 5.91 Å². The predicted octanol–water partition coefficient (Wildman–Crippen LogP) is 3.30. The molecular weight excluding hydrogens is 392 g/mol. The average Bonchev–Trinajstić information content (AvgIpc) is 2.61. The van der Waals surface area contributed by atoms with Gasteiger partial charge in [0.15, 0.2) is 0 Å². The van der Waals surface area contributed by atoms with Gasteiger partial charge in [-0.25, -0.2) is 13.1 Å². The molecule has 2 rings (SSSR count). The number of halogens is 1. The van der Waals surface area contributed by atoms with E-state index >= 15 is 0 Å². The van der Waals surface area contributed by atoms with Crippen LogP contribution in [-0.2, 0) is 10.0 Å². The third kappa shape index (κ3) is 5.12. The van der Waals surface area contributed by atoms with Crippen LogP contribution in [0.1, 0.15) is 24.2 Å². The molecule has 2 N–H and O–H groups in total. The first kappa shape index (κ1) is 21.0. The lowest BCUT2D eigenvalue weighted by atomic mass is 10.2. The van der Waals surface area contributed by atoms with Gasteiger partial charge in [0, 0.05) is 23.7 Å². The number of carbonyl (C=O) groups is 1. The summed E-state index contributed by atoms with van der Waals surface area (Å²) in [7, 11) is -0.813. The third-order valence-electron chi connectivity index (χ3n) is 3.52.